The SMILES string of the molecule is CC(C)(C)c1ccc(-c2nnc(-c3c4c(c(-c5nnc(-c6ccc(C(C)(C)C)cc6)o5)c5c3C3c6ccccc6C5c5ccccc53)C3c5ccccc5C4c4ccccc43)o2)cc1. The first-order valence-electron chi connectivity index (χ1n) is 22.5. The van der Waals surface area contributed by atoms with Crippen LogP contribution >= 0.6 is 0 Å². The van der Waals surface area contributed by atoms with E-state index in [4.69, 9.17) is 29.2 Å². The smallest absolute Gasteiger partial charge is 0.248 e. The molecule has 0 spiro atoms. The van der Waals surface area contributed by atoms with Gasteiger partial charge in [-0.15, -0.1) is 20.4 Å². The number of aromatic nitrogens is 4. The number of hydrogen-bond acceptors (Lipinski definition) is 6. The Hall–Kier alpha value is -7.18. The molecule has 0 unspecified atom stereocenters. The van der Waals surface area contributed by atoms with Gasteiger partial charge < -0.3 is 8.83 Å². The molecule has 0 saturated heterocycles. The largest absolute Gasteiger partial charge is 0.416 e. The Morgan fingerprint density at radius 2 is 0.547 bits per heavy atom. The van der Waals surface area contributed by atoms with Crippen molar-refractivity contribution in [1.29, 1.82) is 0 Å². The molecule has 0 atom stereocenters. The number of nitrogens with zero attached hydrogens (tertiary/aromatic N) is 4. The van der Waals surface area contributed by atoms with E-state index in [9.17, 15) is 0 Å². The van der Waals surface area contributed by atoms with Gasteiger partial charge in [0.15, 0.2) is 0 Å². The Morgan fingerprint density at radius 1 is 0.312 bits per heavy atom. The highest BCUT2D eigenvalue weighted by Gasteiger charge is 2.52. The van der Waals surface area contributed by atoms with Gasteiger partial charge in [0.1, 0.15) is 0 Å². The molecule has 2 heterocycles. The molecule has 15 rings (SSSR count). The Kier molecular flexibility index (Phi) is 7.70. The van der Waals surface area contributed by atoms with Gasteiger partial charge in [-0.3, -0.25) is 0 Å². The summed E-state index contributed by atoms with van der Waals surface area (Å²) < 4.78 is 14.1. The van der Waals surface area contributed by atoms with E-state index in [1.54, 1.807) is 0 Å². The van der Waals surface area contributed by atoms with Crippen molar-refractivity contribution in [2.45, 2.75) is 76.0 Å². The Labute approximate surface area is 373 Å². The highest BCUT2D eigenvalue weighted by atomic mass is 16.4. The van der Waals surface area contributed by atoms with Crippen LogP contribution in [0.2, 0.25) is 0 Å². The van der Waals surface area contributed by atoms with Gasteiger partial charge in [-0.25, -0.2) is 0 Å². The molecule has 4 bridgehead atoms. The number of benzene rings is 7. The van der Waals surface area contributed by atoms with Gasteiger partial charge in [0, 0.05) is 45.9 Å². The van der Waals surface area contributed by atoms with Crippen LogP contribution in [0.3, 0.4) is 0 Å². The minimum Gasteiger partial charge on any atom is -0.416 e. The molecular formula is C58H46N4O2. The first-order valence-corrected chi connectivity index (χ1v) is 22.5. The zero-order chi connectivity index (χ0) is 43.2. The van der Waals surface area contributed by atoms with Crippen LogP contribution in [-0.2, 0) is 10.8 Å². The average molecular weight is 831 g/mol. The summed E-state index contributed by atoms with van der Waals surface area (Å²) >= 11 is 0. The van der Waals surface area contributed by atoms with Gasteiger partial charge in [0.05, 0.1) is 0 Å². The van der Waals surface area contributed by atoms with Crippen molar-refractivity contribution in [3.63, 3.8) is 0 Å². The zero-order valence-electron chi connectivity index (χ0n) is 36.8. The van der Waals surface area contributed by atoms with Crippen molar-refractivity contribution in [2.75, 3.05) is 0 Å². The highest BCUT2D eigenvalue weighted by molar-refractivity contribution is 5.91. The van der Waals surface area contributed by atoms with E-state index in [1.165, 1.54) is 77.9 Å². The maximum absolute atomic E-state index is 7.05. The molecule has 6 aliphatic rings. The molecule has 0 fully saturated rings. The summed E-state index contributed by atoms with van der Waals surface area (Å²) in [6.45, 7) is 13.4. The molecule has 6 heteroatoms. The topological polar surface area (TPSA) is 77.8 Å². The van der Waals surface area contributed by atoms with Crippen molar-refractivity contribution < 1.29 is 8.83 Å². The van der Waals surface area contributed by atoms with E-state index >= 15 is 0 Å². The first kappa shape index (κ1) is 37.4. The lowest BCUT2D eigenvalue weighted by molar-refractivity contribution is 0.573. The summed E-state index contributed by atoms with van der Waals surface area (Å²) in [5, 5.41) is 19.8. The normalized spacial score (nSPS) is 18.5. The van der Waals surface area contributed by atoms with E-state index in [0.717, 1.165) is 22.3 Å². The monoisotopic (exact) mass is 830 g/mol. The minimum atomic E-state index is -0.105. The van der Waals surface area contributed by atoms with E-state index in [0.29, 0.717) is 23.6 Å². The predicted molar refractivity (Wildman–Crippen MR) is 251 cm³/mol. The lowest BCUT2D eigenvalue weighted by atomic mass is 9.53. The lowest BCUT2D eigenvalue weighted by Gasteiger charge is -2.49. The van der Waals surface area contributed by atoms with Gasteiger partial charge in [0.25, 0.3) is 0 Å². The van der Waals surface area contributed by atoms with Crippen molar-refractivity contribution in [3.8, 4) is 45.8 Å². The van der Waals surface area contributed by atoms with Crippen LogP contribution in [0, 0.1) is 0 Å². The molecule has 2 aromatic heterocycles. The number of rotatable bonds is 4. The highest BCUT2D eigenvalue weighted by Crippen LogP contribution is 2.67. The van der Waals surface area contributed by atoms with Crippen LogP contribution in [0.5, 0.6) is 0 Å². The van der Waals surface area contributed by atoms with Gasteiger partial charge in [-0.1, -0.05) is 163 Å². The Morgan fingerprint density at radius 3 is 0.781 bits per heavy atom. The third-order valence-corrected chi connectivity index (χ3v) is 14.6. The molecule has 0 N–H and O–H groups in total. The van der Waals surface area contributed by atoms with Gasteiger partial charge >= 0.3 is 0 Å². The van der Waals surface area contributed by atoms with Crippen LogP contribution in [0.4, 0.5) is 0 Å². The van der Waals surface area contributed by atoms with Crippen LogP contribution in [0.25, 0.3) is 45.8 Å². The number of hydrogen-bond donors (Lipinski definition) is 0. The molecule has 7 aromatic carbocycles. The second-order valence-electron chi connectivity index (χ2n) is 20.1. The van der Waals surface area contributed by atoms with Crippen molar-refractivity contribution in [2.24, 2.45) is 0 Å². The Balaban J connectivity index is 1.14. The zero-order valence-corrected chi connectivity index (χ0v) is 36.8. The second-order valence-corrected chi connectivity index (χ2v) is 20.1. The predicted octanol–water partition coefficient (Wildman–Crippen LogP) is 13.7. The minimum absolute atomic E-state index is 0.0201. The molecule has 0 saturated carbocycles. The van der Waals surface area contributed by atoms with Crippen LogP contribution in [-0.4, -0.2) is 20.4 Å². The van der Waals surface area contributed by atoms with Gasteiger partial charge in [0.2, 0.25) is 23.6 Å². The lowest BCUT2D eigenvalue weighted by Crippen LogP contribution is -2.34. The molecule has 9 aromatic rings. The molecule has 0 aliphatic heterocycles. The van der Waals surface area contributed by atoms with Crippen molar-refractivity contribution in [1.82, 2.24) is 20.4 Å². The quantitative estimate of drug-likeness (QED) is 0.176. The summed E-state index contributed by atoms with van der Waals surface area (Å²) in [6, 6.07) is 53.1. The fourth-order valence-corrected chi connectivity index (χ4v) is 11.7. The fourth-order valence-electron chi connectivity index (χ4n) is 11.7. The standard InChI is InChI=1S/C58H46N4O2/c1-57(2,3)33-27-23-31(24-28-33)53-59-61-55(63-53)51-47-43-35-15-7-11-19-39(35)45(40-20-12-8-16-36(40)43)49(47)52(56-62-60-54(64-56)32-25-29-34(30-26-32)58(4,5)6)50-46-41-21-13-9-17-37(41)44(48(50)51)38-18-10-14-22-42(38)46/h7-30,43-46H,1-6H3. The van der Waals surface area contributed by atoms with Crippen LogP contribution < -0.4 is 0 Å². The van der Waals surface area contributed by atoms with Crippen molar-refractivity contribution in [3.05, 3.63) is 223 Å². The third-order valence-electron chi connectivity index (χ3n) is 14.6. The second kappa shape index (κ2) is 13.2. The summed E-state index contributed by atoms with van der Waals surface area (Å²) in [6.07, 6.45) is 0. The molecule has 6 nitrogen and oxygen atoms in total. The molecular weight excluding hydrogens is 785 g/mol. The van der Waals surface area contributed by atoms with E-state index < -0.39 is 0 Å². The van der Waals surface area contributed by atoms with Crippen LogP contribution in [0.1, 0.15) is 143 Å². The Bertz CT molecular complexity index is 2930. The fraction of sp³-hybridized carbons (Fsp3) is 0.207. The van der Waals surface area contributed by atoms with Gasteiger partial charge in [-0.05, 0) is 113 Å². The van der Waals surface area contributed by atoms with Crippen molar-refractivity contribution >= 4 is 0 Å². The van der Waals surface area contributed by atoms with E-state index in [1.807, 2.05) is 0 Å². The van der Waals surface area contributed by atoms with Crippen LogP contribution in [0.15, 0.2) is 154 Å². The summed E-state index contributed by atoms with van der Waals surface area (Å²) in [4.78, 5) is 0. The molecule has 0 radical (unpaired) electrons. The summed E-state index contributed by atoms with van der Waals surface area (Å²) in [5.41, 5.74) is 21.5. The molecule has 64 heavy (non-hydrogen) atoms. The van der Waals surface area contributed by atoms with Gasteiger partial charge in [-0.2, -0.15) is 0 Å². The maximum atomic E-state index is 7.05. The average Bonchev–Trinajstić information content (AvgIpc) is 4.01. The third kappa shape index (κ3) is 5.20. The molecule has 310 valence electrons. The van der Waals surface area contributed by atoms with E-state index in [-0.39, 0.29) is 34.5 Å². The maximum Gasteiger partial charge on any atom is 0.248 e. The molecule has 0 amide bonds. The summed E-state index contributed by atoms with van der Waals surface area (Å²) in [5.74, 6) is 1.65. The van der Waals surface area contributed by atoms with E-state index in [2.05, 4.69) is 187 Å². The summed E-state index contributed by atoms with van der Waals surface area (Å²) in [7, 11) is 0. The first-order chi connectivity index (χ1) is 31.0. The molecule has 6 aliphatic carbocycles.